The molecule has 0 radical (unpaired) electrons. The van der Waals surface area contributed by atoms with Gasteiger partial charge < -0.3 is 5.11 Å². The summed E-state index contributed by atoms with van der Waals surface area (Å²) in [5.74, 6) is 0.297. The van der Waals surface area contributed by atoms with Crippen LogP contribution >= 0.6 is 24.8 Å². The summed E-state index contributed by atoms with van der Waals surface area (Å²) in [5.41, 5.74) is 6.45. The Morgan fingerprint density at radius 3 is 1.71 bits per heavy atom. The van der Waals surface area contributed by atoms with Gasteiger partial charge in [-0.2, -0.15) is 0 Å². The molecule has 0 amide bonds. The minimum absolute atomic E-state index is 0. The van der Waals surface area contributed by atoms with Crippen molar-refractivity contribution in [2.24, 2.45) is 5.92 Å². The van der Waals surface area contributed by atoms with Gasteiger partial charge in [-0.1, -0.05) is 116 Å². The van der Waals surface area contributed by atoms with Crippen LogP contribution in [0.2, 0.25) is 0 Å². The number of hydrogen-bond acceptors (Lipinski definition) is 1. The molecule has 0 spiro atoms. The minimum atomic E-state index is -1.29. The van der Waals surface area contributed by atoms with Gasteiger partial charge in [0.25, 0.3) is 0 Å². The first-order valence-electron chi connectivity index (χ1n) is 11.3. The Balaban J connectivity index is 0.00000144. The number of halogens is 2. The maximum atomic E-state index is 12.8. The molecule has 0 heterocycles. The molecular formula is C31H30Cl2OTi. The van der Waals surface area contributed by atoms with E-state index in [0.717, 1.165) is 33.0 Å². The summed E-state index contributed by atoms with van der Waals surface area (Å²) in [5, 5.41) is 15.0. The number of benzene rings is 4. The van der Waals surface area contributed by atoms with Crippen LogP contribution in [0.5, 0.6) is 0 Å². The first-order chi connectivity index (χ1) is 15.5. The molecule has 35 heavy (non-hydrogen) atoms. The molecule has 1 atom stereocenters. The van der Waals surface area contributed by atoms with E-state index in [2.05, 4.69) is 63.2 Å². The van der Waals surface area contributed by atoms with Gasteiger partial charge in [0.2, 0.25) is 0 Å². The smallest absolute Gasteiger partial charge is 0.141 e. The minimum Gasteiger partial charge on any atom is -0.376 e. The van der Waals surface area contributed by atoms with Crippen molar-refractivity contribution in [3.63, 3.8) is 0 Å². The van der Waals surface area contributed by atoms with E-state index in [4.69, 9.17) is 0 Å². The molecule has 4 aromatic rings. The third kappa shape index (κ3) is 4.94. The van der Waals surface area contributed by atoms with E-state index in [0.29, 0.717) is 5.92 Å². The van der Waals surface area contributed by atoms with E-state index >= 15 is 0 Å². The number of rotatable bonds is 4. The van der Waals surface area contributed by atoms with E-state index < -0.39 is 5.60 Å². The predicted molar refractivity (Wildman–Crippen MR) is 149 cm³/mol. The zero-order valence-electron chi connectivity index (χ0n) is 20.2. The number of aliphatic hydroxyl groups is 1. The van der Waals surface area contributed by atoms with E-state index in [9.17, 15) is 5.11 Å². The Hall–Kier alpha value is -2.13. The van der Waals surface area contributed by atoms with Crippen molar-refractivity contribution in [3.05, 3.63) is 137 Å². The quantitative estimate of drug-likeness (QED) is 0.205. The van der Waals surface area contributed by atoms with Crippen LogP contribution in [0.4, 0.5) is 0 Å². The molecule has 4 aromatic carbocycles. The van der Waals surface area contributed by atoms with Gasteiger partial charge in [-0.3, -0.25) is 0 Å². The van der Waals surface area contributed by atoms with Crippen molar-refractivity contribution in [2.75, 3.05) is 0 Å². The molecular weight excluding hydrogens is 507 g/mol. The number of fused-ring (bicyclic) bond motifs is 1. The molecule has 1 N–H and O–H groups in total. The Morgan fingerprint density at radius 1 is 0.686 bits per heavy atom. The molecule has 0 aliphatic heterocycles. The van der Waals surface area contributed by atoms with Gasteiger partial charge in [0.05, 0.1) is 0 Å². The summed E-state index contributed by atoms with van der Waals surface area (Å²) in [6.07, 6.45) is 2.33. The van der Waals surface area contributed by atoms with Gasteiger partial charge in [0.15, 0.2) is 0 Å². The van der Waals surface area contributed by atoms with Gasteiger partial charge in [0, 0.05) is 33.2 Å². The normalized spacial score (nSPS) is 15.1. The molecule has 4 heteroatoms. The first-order valence-corrected chi connectivity index (χ1v) is 11.3. The van der Waals surface area contributed by atoms with Crippen LogP contribution in [0.15, 0.2) is 114 Å². The van der Waals surface area contributed by atoms with E-state index in [1.165, 1.54) is 16.7 Å². The average molecular weight is 537 g/mol. The molecule has 1 nitrogen and oxygen atoms in total. The van der Waals surface area contributed by atoms with Crippen LogP contribution in [-0.4, -0.2) is 5.11 Å². The van der Waals surface area contributed by atoms with Crippen LogP contribution in [0.3, 0.4) is 0 Å². The molecule has 0 saturated carbocycles. The predicted octanol–water partition coefficient (Wildman–Crippen LogP) is 8.33. The van der Waals surface area contributed by atoms with Crippen molar-refractivity contribution in [1.29, 1.82) is 0 Å². The molecule has 0 aromatic heterocycles. The van der Waals surface area contributed by atoms with Crippen molar-refractivity contribution >= 4 is 41.2 Å². The second kappa shape index (κ2) is 11.7. The van der Waals surface area contributed by atoms with E-state index in [-0.39, 0.29) is 46.5 Å². The summed E-state index contributed by atoms with van der Waals surface area (Å²) in [4.78, 5) is 0. The first kappa shape index (κ1) is 29.1. The second-order valence-corrected chi connectivity index (χ2v) is 8.83. The fourth-order valence-electron chi connectivity index (χ4n) is 5.28. The van der Waals surface area contributed by atoms with Crippen LogP contribution < -0.4 is 0 Å². The Morgan fingerprint density at radius 2 is 1.20 bits per heavy atom. The summed E-state index contributed by atoms with van der Waals surface area (Å²) in [6.45, 7) is 6.63. The van der Waals surface area contributed by atoms with Gasteiger partial charge >= 0.3 is 0 Å². The monoisotopic (exact) mass is 536 g/mol. The summed E-state index contributed by atoms with van der Waals surface area (Å²) >= 11 is 0. The van der Waals surface area contributed by atoms with Crippen LogP contribution in [0, 0.1) is 5.92 Å². The second-order valence-electron chi connectivity index (χ2n) is 8.83. The fraction of sp³-hybridized carbons (Fsp3) is 0.161. The summed E-state index contributed by atoms with van der Waals surface area (Å²) in [6, 6.07) is 32.9. The largest absolute Gasteiger partial charge is 0.376 e. The van der Waals surface area contributed by atoms with Crippen LogP contribution in [-0.2, 0) is 27.3 Å². The van der Waals surface area contributed by atoms with Crippen molar-refractivity contribution in [1.82, 2.24) is 0 Å². The molecule has 5 rings (SSSR count). The Bertz CT molecular complexity index is 1320. The molecule has 178 valence electrons. The molecule has 0 saturated heterocycles. The van der Waals surface area contributed by atoms with Crippen molar-refractivity contribution in [2.45, 2.75) is 26.4 Å². The Kier molecular flexibility index (Phi) is 9.76. The number of allylic oxidation sites excluding steroid dienone is 4. The Labute approximate surface area is 235 Å². The third-order valence-electron chi connectivity index (χ3n) is 6.91. The van der Waals surface area contributed by atoms with Crippen molar-refractivity contribution < 1.29 is 26.8 Å². The molecule has 1 aliphatic carbocycles. The molecule has 0 bridgehead atoms. The fourth-order valence-corrected chi connectivity index (χ4v) is 5.28. The van der Waals surface area contributed by atoms with E-state index in [1.54, 1.807) is 0 Å². The topological polar surface area (TPSA) is 20.2 Å². The van der Waals surface area contributed by atoms with Gasteiger partial charge in [0.1, 0.15) is 5.60 Å². The summed E-state index contributed by atoms with van der Waals surface area (Å²) in [7, 11) is 0. The SMILES string of the molecule is CC1=CC(C)C(c2ccc3ccccc3c2C(O)(c2ccccc2)c2ccccc2)=C1C.Cl.Cl.[Ti]. The number of hydrogen-bond donors (Lipinski definition) is 1. The van der Waals surface area contributed by atoms with Gasteiger partial charge in [-0.05, 0) is 52.5 Å². The van der Waals surface area contributed by atoms with Crippen LogP contribution in [0.25, 0.3) is 16.3 Å². The molecule has 1 unspecified atom stereocenters. The zero-order valence-corrected chi connectivity index (χ0v) is 23.4. The zero-order chi connectivity index (χ0) is 22.3. The van der Waals surface area contributed by atoms with Gasteiger partial charge in [-0.15, -0.1) is 24.8 Å². The van der Waals surface area contributed by atoms with Crippen LogP contribution in [0.1, 0.15) is 43.0 Å². The molecule has 1 aliphatic rings. The maximum absolute atomic E-state index is 12.8. The van der Waals surface area contributed by atoms with Gasteiger partial charge in [-0.25, -0.2) is 0 Å². The standard InChI is InChI=1S/C31H28O.2ClH.Ti/c1-21-20-22(2)29(23(21)3)28-19-18-24-12-10-11-17-27(24)30(28)31(32,25-13-6-4-7-14-25)26-15-8-5-9-16-26;;;/h4-20,22,32H,1-3H3;2*1H;. The average Bonchev–Trinajstić information content (AvgIpc) is 3.09. The van der Waals surface area contributed by atoms with E-state index in [1.807, 2.05) is 60.7 Å². The summed E-state index contributed by atoms with van der Waals surface area (Å²) < 4.78 is 0. The third-order valence-corrected chi connectivity index (χ3v) is 6.91. The maximum Gasteiger partial charge on any atom is 0.141 e. The molecule has 0 fully saturated rings. The van der Waals surface area contributed by atoms with Crippen molar-refractivity contribution in [3.8, 4) is 0 Å².